The lowest BCUT2D eigenvalue weighted by Gasteiger charge is -2.29. The minimum Gasteiger partial charge on any atom is -0.481 e. The average Bonchev–Trinajstić information content (AvgIpc) is 1.90. The van der Waals surface area contributed by atoms with E-state index in [2.05, 4.69) is 0 Å². The highest BCUT2D eigenvalue weighted by atomic mass is 16.4. The highest BCUT2D eigenvalue weighted by Gasteiger charge is 2.39. The summed E-state index contributed by atoms with van der Waals surface area (Å²) < 4.78 is 0. The van der Waals surface area contributed by atoms with Gasteiger partial charge in [0.25, 0.3) is 0 Å². The van der Waals surface area contributed by atoms with Gasteiger partial charge in [-0.3, -0.25) is 4.79 Å². The van der Waals surface area contributed by atoms with E-state index in [1.54, 1.807) is 13.8 Å². The fourth-order valence-corrected chi connectivity index (χ4v) is 1.32. The van der Waals surface area contributed by atoms with Crippen LogP contribution in [0.25, 0.3) is 0 Å². The number of carboxylic acids is 1. The first-order valence-electron chi connectivity index (χ1n) is 3.92. The van der Waals surface area contributed by atoms with Crippen LogP contribution in [0.15, 0.2) is 0 Å². The van der Waals surface area contributed by atoms with Crippen molar-refractivity contribution in [2.45, 2.75) is 39.7 Å². The summed E-state index contributed by atoms with van der Waals surface area (Å²) >= 11 is 0. The second-order valence-corrected chi connectivity index (χ2v) is 2.84. The maximum atomic E-state index is 10.8. The fourth-order valence-electron chi connectivity index (χ4n) is 1.32. The molecular formula is C8H16O3. The number of hydrogen-bond donors (Lipinski definition) is 2. The van der Waals surface area contributed by atoms with Crippen LogP contribution in [0.5, 0.6) is 0 Å². The molecule has 3 heteroatoms. The third-order valence-corrected chi connectivity index (χ3v) is 2.49. The summed E-state index contributed by atoms with van der Waals surface area (Å²) in [6.45, 7) is 5.09. The zero-order valence-electron chi connectivity index (χ0n) is 7.29. The van der Waals surface area contributed by atoms with Crippen LogP contribution in [0, 0.1) is 5.41 Å². The second-order valence-electron chi connectivity index (χ2n) is 2.84. The Bertz CT molecular complexity index is 136. The summed E-state index contributed by atoms with van der Waals surface area (Å²) in [6, 6.07) is 0. The van der Waals surface area contributed by atoms with Crippen molar-refractivity contribution >= 4 is 5.97 Å². The molecule has 0 aromatic rings. The zero-order valence-corrected chi connectivity index (χ0v) is 7.29. The Hall–Kier alpha value is -0.570. The molecular weight excluding hydrogens is 144 g/mol. The summed E-state index contributed by atoms with van der Waals surface area (Å²) in [5, 5.41) is 18.1. The normalized spacial score (nSPS) is 14.5. The van der Waals surface area contributed by atoms with Crippen molar-refractivity contribution in [3.05, 3.63) is 0 Å². The molecule has 0 aliphatic heterocycles. The minimum atomic E-state index is -0.944. The van der Waals surface area contributed by atoms with E-state index in [1.165, 1.54) is 6.92 Å². The number of rotatable bonds is 4. The first-order chi connectivity index (χ1) is 5.01. The molecule has 3 nitrogen and oxygen atoms in total. The second kappa shape index (κ2) is 3.72. The van der Waals surface area contributed by atoms with Crippen molar-refractivity contribution in [2.75, 3.05) is 0 Å². The third-order valence-electron chi connectivity index (χ3n) is 2.49. The molecule has 2 N–H and O–H groups in total. The van der Waals surface area contributed by atoms with E-state index < -0.39 is 17.5 Å². The molecule has 66 valence electrons. The van der Waals surface area contributed by atoms with Crippen LogP contribution in [0.2, 0.25) is 0 Å². The molecule has 0 aromatic heterocycles. The standard InChI is InChI=1S/C8H16O3/c1-4-8(5-2,6(3)9)7(10)11/h6,9H,4-5H2,1-3H3,(H,10,11). The lowest BCUT2D eigenvalue weighted by atomic mass is 9.78. The number of aliphatic carboxylic acids is 1. The first-order valence-corrected chi connectivity index (χ1v) is 3.92. The van der Waals surface area contributed by atoms with E-state index in [9.17, 15) is 9.90 Å². The molecule has 0 heterocycles. The molecule has 0 bridgehead atoms. The van der Waals surface area contributed by atoms with Crippen LogP contribution >= 0.6 is 0 Å². The Morgan fingerprint density at radius 1 is 1.45 bits per heavy atom. The van der Waals surface area contributed by atoms with Crippen molar-refractivity contribution < 1.29 is 15.0 Å². The maximum absolute atomic E-state index is 10.8. The largest absolute Gasteiger partial charge is 0.481 e. The van der Waals surface area contributed by atoms with Crippen molar-refractivity contribution in [3.8, 4) is 0 Å². The quantitative estimate of drug-likeness (QED) is 0.651. The minimum absolute atomic E-state index is 0.469. The molecule has 0 saturated carbocycles. The van der Waals surface area contributed by atoms with E-state index >= 15 is 0 Å². The van der Waals surface area contributed by atoms with Crippen LogP contribution in [0.3, 0.4) is 0 Å². The Balaban J connectivity index is 4.61. The highest BCUT2D eigenvalue weighted by molar-refractivity contribution is 5.75. The lowest BCUT2D eigenvalue weighted by molar-refractivity contribution is -0.156. The van der Waals surface area contributed by atoms with Gasteiger partial charge in [-0.2, -0.15) is 0 Å². The average molecular weight is 160 g/mol. The van der Waals surface area contributed by atoms with E-state index in [0.717, 1.165) is 0 Å². The number of aliphatic hydroxyl groups is 1. The van der Waals surface area contributed by atoms with Crippen LogP contribution in [0.4, 0.5) is 0 Å². The molecule has 1 atom stereocenters. The Kier molecular flexibility index (Phi) is 3.52. The summed E-state index contributed by atoms with van der Waals surface area (Å²) in [6.07, 6.45) is 0.155. The zero-order chi connectivity index (χ0) is 9.07. The fraction of sp³-hybridized carbons (Fsp3) is 0.875. The smallest absolute Gasteiger partial charge is 0.312 e. The van der Waals surface area contributed by atoms with Gasteiger partial charge < -0.3 is 10.2 Å². The van der Waals surface area contributed by atoms with Crippen molar-refractivity contribution in [3.63, 3.8) is 0 Å². The molecule has 0 aliphatic carbocycles. The van der Waals surface area contributed by atoms with Gasteiger partial charge >= 0.3 is 5.97 Å². The molecule has 0 fully saturated rings. The molecule has 1 unspecified atom stereocenters. The number of hydrogen-bond acceptors (Lipinski definition) is 2. The SMILES string of the molecule is CCC(CC)(C(=O)O)C(C)O. The third kappa shape index (κ3) is 1.71. The van der Waals surface area contributed by atoms with Gasteiger partial charge in [-0.05, 0) is 19.8 Å². The van der Waals surface area contributed by atoms with E-state index in [1.807, 2.05) is 0 Å². The summed E-state index contributed by atoms with van der Waals surface area (Å²) in [5.74, 6) is -0.905. The van der Waals surface area contributed by atoms with E-state index in [0.29, 0.717) is 12.8 Å². The maximum Gasteiger partial charge on any atom is 0.312 e. The van der Waals surface area contributed by atoms with E-state index in [-0.39, 0.29) is 0 Å². The van der Waals surface area contributed by atoms with Crippen LogP contribution in [0.1, 0.15) is 33.6 Å². The number of aliphatic hydroxyl groups excluding tert-OH is 1. The van der Waals surface area contributed by atoms with Crippen LogP contribution in [-0.2, 0) is 4.79 Å². The summed E-state index contributed by atoms with van der Waals surface area (Å²) in [5.41, 5.74) is -0.944. The molecule has 0 amide bonds. The van der Waals surface area contributed by atoms with Crippen molar-refractivity contribution in [2.24, 2.45) is 5.41 Å². The highest BCUT2D eigenvalue weighted by Crippen LogP contribution is 2.30. The van der Waals surface area contributed by atoms with Gasteiger partial charge in [0.2, 0.25) is 0 Å². The van der Waals surface area contributed by atoms with Gasteiger partial charge in [-0.15, -0.1) is 0 Å². The topological polar surface area (TPSA) is 57.5 Å². The Morgan fingerprint density at radius 2 is 1.82 bits per heavy atom. The number of carbonyl (C=O) groups is 1. The van der Waals surface area contributed by atoms with Gasteiger partial charge in [-0.1, -0.05) is 13.8 Å². The summed E-state index contributed by atoms with van der Waals surface area (Å²) in [4.78, 5) is 10.8. The van der Waals surface area contributed by atoms with Gasteiger partial charge in [-0.25, -0.2) is 0 Å². The molecule has 0 spiro atoms. The predicted molar refractivity (Wildman–Crippen MR) is 42.3 cm³/mol. The molecule has 0 aromatic carbocycles. The molecule has 0 aliphatic rings. The Morgan fingerprint density at radius 3 is 1.82 bits per heavy atom. The number of carboxylic acid groups (broad SMARTS) is 1. The van der Waals surface area contributed by atoms with Gasteiger partial charge in [0.15, 0.2) is 0 Å². The van der Waals surface area contributed by atoms with Crippen LogP contribution < -0.4 is 0 Å². The Labute approximate surface area is 67.0 Å². The molecule has 11 heavy (non-hydrogen) atoms. The predicted octanol–water partition coefficient (Wildman–Crippen LogP) is 1.26. The van der Waals surface area contributed by atoms with Gasteiger partial charge in [0.1, 0.15) is 0 Å². The van der Waals surface area contributed by atoms with Gasteiger partial charge in [0, 0.05) is 0 Å². The lowest BCUT2D eigenvalue weighted by Crippen LogP contribution is -2.39. The summed E-state index contributed by atoms with van der Waals surface area (Å²) in [7, 11) is 0. The van der Waals surface area contributed by atoms with Crippen molar-refractivity contribution in [1.29, 1.82) is 0 Å². The van der Waals surface area contributed by atoms with Gasteiger partial charge in [0.05, 0.1) is 11.5 Å². The molecule has 0 rings (SSSR count). The van der Waals surface area contributed by atoms with Crippen molar-refractivity contribution in [1.82, 2.24) is 0 Å². The van der Waals surface area contributed by atoms with E-state index in [4.69, 9.17) is 5.11 Å². The van der Waals surface area contributed by atoms with Crippen LogP contribution in [-0.4, -0.2) is 22.3 Å². The molecule has 0 saturated heterocycles. The molecule has 0 radical (unpaired) electrons. The first kappa shape index (κ1) is 10.4. The monoisotopic (exact) mass is 160 g/mol.